The molecule has 0 aliphatic carbocycles. The number of hydrogen-bond acceptors (Lipinski definition) is 4. The van der Waals surface area contributed by atoms with Gasteiger partial charge in [0.2, 0.25) is 0 Å². The minimum Gasteiger partial charge on any atom is -1.00 e. The molecular formula is C14H11K3O8. The van der Waals surface area contributed by atoms with Crippen LogP contribution in [-0.2, 0) is 0 Å². The van der Waals surface area contributed by atoms with Crippen molar-refractivity contribution in [2.45, 2.75) is 0 Å². The first-order valence-corrected chi connectivity index (χ1v) is 5.77. The largest absolute Gasteiger partial charge is 1.00 e. The fourth-order valence-electron chi connectivity index (χ4n) is 2.06. The van der Waals surface area contributed by atoms with E-state index in [4.69, 9.17) is 20.4 Å². The number of benzene rings is 2. The first-order chi connectivity index (χ1) is 10.2. The summed E-state index contributed by atoms with van der Waals surface area (Å²) in [4.78, 5) is 44.6. The Labute approximate surface area is 273 Å². The minimum absolute atomic E-state index is 0. The Kier molecular flexibility index (Phi) is 13.9. The average molecular weight is 425 g/mol. The van der Waals surface area contributed by atoms with Gasteiger partial charge in [0, 0.05) is 0 Å². The first-order valence-electron chi connectivity index (χ1n) is 5.77. The van der Waals surface area contributed by atoms with Crippen LogP contribution in [0.25, 0.3) is 10.8 Å². The SMILES string of the molecule is O=C(O)c1cc(C(=O)O)c2cc(C(=O)O)cc(C(=O)O)c2c1.[H-].[H-].[H-].[K+].[K+].[K+]. The summed E-state index contributed by atoms with van der Waals surface area (Å²) < 4.78 is 0. The van der Waals surface area contributed by atoms with Gasteiger partial charge in [-0.25, -0.2) is 19.2 Å². The predicted octanol–water partition coefficient (Wildman–Crippen LogP) is -7.02. The molecule has 8 nitrogen and oxygen atoms in total. The number of hydrogen-bond donors (Lipinski definition) is 4. The Balaban J connectivity index is -0.000000294. The van der Waals surface area contributed by atoms with E-state index in [1.807, 2.05) is 0 Å². The second kappa shape index (κ2) is 12.1. The molecule has 0 atom stereocenters. The smallest absolute Gasteiger partial charge is 1.00 e. The topological polar surface area (TPSA) is 149 Å². The summed E-state index contributed by atoms with van der Waals surface area (Å²) in [5, 5.41) is 36.0. The van der Waals surface area contributed by atoms with E-state index in [2.05, 4.69) is 0 Å². The second-order valence-electron chi connectivity index (χ2n) is 4.36. The van der Waals surface area contributed by atoms with E-state index in [0.29, 0.717) is 0 Å². The van der Waals surface area contributed by atoms with Gasteiger partial charge in [-0.3, -0.25) is 0 Å². The Morgan fingerprint density at radius 2 is 0.840 bits per heavy atom. The summed E-state index contributed by atoms with van der Waals surface area (Å²) in [5.74, 6) is -5.84. The number of aromatic carboxylic acids is 4. The molecule has 25 heavy (non-hydrogen) atoms. The van der Waals surface area contributed by atoms with E-state index in [1.165, 1.54) is 0 Å². The molecule has 0 saturated carbocycles. The first kappa shape index (κ1) is 28.7. The van der Waals surface area contributed by atoms with Gasteiger partial charge in [-0.1, -0.05) is 0 Å². The molecular weight excluding hydrogens is 413 g/mol. The van der Waals surface area contributed by atoms with Crippen LogP contribution in [0.4, 0.5) is 0 Å². The quantitative estimate of drug-likeness (QED) is 0.354. The standard InChI is InChI=1S/C14H8O8.3K.3H/c15-11(16)5-1-7-8(10(3-5)14(21)22)2-6(12(17)18)4-9(7)13(19)20;;;;;;/h1-4H,(H,15,16)(H,17,18)(H,19,20)(H,21,22);;;;;;/q;3*+1;3*-1. The van der Waals surface area contributed by atoms with Gasteiger partial charge in [0.05, 0.1) is 22.3 Å². The maximum Gasteiger partial charge on any atom is 1.00 e. The molecule has 0 bridgehead atoms. The van der Waals surface area contributed by atoms with Crippen molar-refractivity contribution < 1.29 is 198 Å². The molecule has 0 aliphatic heterocycles. The molecule has 0 aliphatic rings. The Morgan fingerprint density at radius 1 is 0.560 bits per heavy atom. The third-order valence-electron chi connectivity index (χ3n) is 3.02. The Bertz CT molecular complexity index is 805. The van der Waals surface area contributed by atoms with Gasteiger partial charge in [-0.2, -0.15) is 0 Å². The van der Waals surface area contributed by atoms with Crippen LogP contribution in [-0.4, -0.2) is 44.3 Å². The van der Waals surface area contributed by atoms with Gasteiger partial charge in [0.25, 0.3) is 0 Å². The molecule has 2 rings (SSSR count). The number of fused-ring (bicyclic) bond motifs is 1. The molecule has 0 fully saturated rings. The third kappa shape index (κ3) is 6.80. The van der Waals surface area contributed by atoms with Crippen molar-refractivity contribution in [2.75, 3.05) is 0 Å². The zero-order valence-corrected chi connectivity index (χ0v) is 23.1. The van der Waals surface area contributed by atoms with E-state index in [-0.39, 0.29) is 169 Å². The predicted molar refractivity (Wildman–Crippen MR) is 75.1 cm³/mol. The third-order valence-corrected chi connectivity index (χ3v) is 3.02. The molecule has 0 amide bonds. The molecule has 0 saturated heterocycles. The van der Waals surface area contributed by atoms with Gasteiger partial charge in [-0.05, 0) is 35.0 Å². The van der Waals surface area contributed by atoms with Crippen LogP contribution in [0.5, 0.6) is 0 Å². The molecule has 0 heterocycles. The average Bonchev–Trinajstić information content (AvgIpc) is 2.44. The van der Waals surface area contributed by atoms with Gasteiger partial charge in [0.15, 0.2) is 0 Å². The van der Waals surface area contributed by atoms with Crippen molar-refractivity contribution in [3.8, 4) is 0 Å². The zero-order chi connectivity index (χ0) is 16.6. The summed E-state index contributed by atoms with van der Waals surface area (Å²) in [7, 11) is 0. The van der Waals surface area contributed by atoms with Crippen molar-refractivity contribution >= 4 is 34.6 Å². The summed E-state index contributed by atoms with van der Waals surface area (Å²) in [6.07, 6.45) is 0. The van der Waals surface area contributed by atoms with Gasteiger partial charge in [-0.15, -0.1) is 0 Å². The van der Waals surface area contributed by atoms with E-state index >= 15 is 0 Å². The van der Waals surface area contributed by atoms with Crippen molar-refractivity contribution in [1.82, 2.24) is 0 Å². The van der Waals surface area contributed by atoms with Crippen LogP contribution in [0.2, 0.25) is 0 Å². The van der Waals surface area contributed by atoms with E-state index < -0.39 is 46.1 Å². The fourth-order valence-corrected chi connectivity index (χ4v) is 2.06. The van der Waals surface area contributed by atoms with E-state index in [1.54, 1.807) is 0 Å². The van der Waals surface area contributed by atoms with Crippen molar-refractivity contribution in [3.63, 3.8) is 0 Å². The maximum atomic E-state index is 11.3. The molecule has 2 aromatic carbocycles. The Hall–Kier alpha value is 1.49. The molecule has 2 aromatic rings. The normalized spacial score (nSPS) is 9.12. The van der Waals surface area contributed by atoms with E-state index in [0.717, 1.165) is 24.3 Å². The van der Waals surface area contributed by atoms with Crippen molar-refractivity contribution in [2.24, 2.45) is 0 Å². The monoisotopic (exact) mass is 424 g/mol. The van der Waals surface area contributed by atoms with Crippen molar-refractivity contribution in [1.29, 1.82) is 0 Å². The minimum atomic E-state index is -1.49. The maximum absolute atomic E-state index is 11.3. The summed E-state index contributed by atoms with van der Waals surface area (Å²) in [6, 6.07) is 3.70. The van der Waals surface area contributed by atoms with Crippen LogP contribution >= 0.6 is 0 Å². The number of carboxylic acid groups (broad SMARTS) is 4. The van der Waals surface area contributed by atoms with Crippen molar-refractivity contribution in [3.05, 3.63) is 46.5 Å². The molecule has 0 aromatic heterocycles. The number of carboxylic acids is 4. The molecule has 118 valence electrons. The van der Waals surface area contributed by atoms with Gasteiger partial charge in [0.1, 0.15) is 0 Å². The Morgan fingerprint density at radius 3 is 1.04 bits per heavy atom. The molecule has 4 N–H and O–H groups in total. The van der Waals surface area contributed by atoms with Gasteiger partial charge >= 0.3 is 178 Å². The molecule has 0 spiro atoms. The summed E-state index contributed by atoms with van der Waals surface area (Å²) >= 11 is 0. The summed E-state index contributed by atoms with van der Waals surface area (Å²) in [5.41, 5.74) is -1.79. The fraction of sp³-hybridized carbons (Fsp3) is 0. The molecule has 0 radical (unpaired) electrons. The van der Waals surface area contributed by atoms with Gasteiger partial charge < -0.3 is 24.7 Å². The molecule has 0 unspecified atom stereocenters. The van der Waals surface area contributed by atoms with Crippen LogP contribution < -0.4 is 154 Å². The number of rotatable bonds is 4. The van der Waals surface area contributed by atoms with Crippen LogP contribution in [0.15, 0.2) is 24.3 Å². The van der Waals surface area contributed by atoms with Crippen LogP contribution in [0, 0.1) is 0 Å². The molecule has 11 heteroatoms. The van der Waals surface area contributed by atoms with Crippen LogP contribution in [0.3, 0.4) is 0 Å². The summed E-state index contributed by atoms with van der Waals surface area (Å²) in [6.45, 7) is 0. The van der Waals surface area contributed by atoms with E-state index in [9.17, 15) is 19.2 Å². The van der Waals surface area contributed by atoms with Crippen LogP contribution in [0.1, 0.15) is 45.7 Å². The second-order valence-corrected chi connectivity index (χ2v) is 4.36. The zero-order valence-electron chi connectivity index (χ0n) is 16.7. The number of carbonyl (C=O) groups is 4.